The maximum Gasteiger partial charge on any atom is 0.368 e. The Hall–Kier alpha value is -2.02. The van der Waals surface area contributed by atoms with Crippen molar-refractivity contribution in [1.82, 2.24) is 0 Å². The predicted molar refractivity (Wildman–Crippen MR) is 102 cm³/mol. The quantitative estimate of drug-likeness (QED) is 0.313. The molecule has 0 aromatic heterocycles. The molecule has 0 saturated carbocycles. The molecule has 1 aromatic rings. The van der Waals surface area contributed by atoms with Gasteiger partial charge in [0.1, 0.15) is 5.31 Å². The molecule has 0 atom stereocenters. The number of esters is 1. The fraction of sp³-hybridized carbons (Fsp3) is 0.500. The van der Waals surface area contributed by atoms with E-state index in [9.17, 15) is 9.36 Å². The largest absolute Gasteiger partial charge is 0.493 e. The van der Waals surface area contributed by atoms with Crippen LogP contribution in [0.4, 0.5) is 0 Å². The van der Waals surface area contributed by atoms with E-state index in [1.807, 2.05) is 0 Å². The van der Waals surface area contributed by atoms with E-state index < -0.39 is 13.6 Å². The van der Waals surface area contributed by atoms with Crippen molar-refractivity contribution in [3.05, 3.63) is 23.0 Å². The summed E-state index contributed by atoms with van der Waals surface area (Å²) in [7, 11) is 0.560. The molecular weight excluding hydrogens is 375 g/mol. The summed E-state index contributed by atoms with van der Waals surface area (Å²) < 4.78 is 44.7. The highest BCUT2D eigenvalue weighted by molar-refractivity contribution is 7.60. The minimum atomic E-state index is -3.87. The molecule has 0 spiro atoms. The molecule has 1 aromatic carbocycles. The average molecular weight is 402 g/mol. The minimum absolute atomic E-state index is 0.100. The fourth-order valence-electron chi connectivity index (χ4n) is 2.31. The van der Waals surface area contributed by atoms with Crippen LogP contribution in [0.2, 0.25) is 0 Å². The van der Waals surface area contributed by atoms with Gasteiger partial charge in [-0.05, 0) is 44.5 Å². The van der Waals surface area contributed by atoms with Crippen LogP contribution in [0.15, 0.2) is 17.4 Å². The van der Waals surface area contributed by atoms with Crippen LogP contribution < -0.4 is 14.2 Å². The SMILES string of the molecule is CCOC(=O)C(=Cc1cc(OC)c(OC)c(OC)c1)P(=O)(OCC)OCC. The molecular formula is C18H27O8P. The van der Waals surface area contributed by atoms with Crippen LogP contribution in [-0.2, 0) is 23.1 Å². The maximum absolute atomic E-state index is 13.2. The molecule has 0 bridgehead atoms. The van der Waals surface area contributed by atoms with Gasteiger partial charge in [0, 0.05) is 0 Å². The minimum Gasteiger partial charge on any atom is -0.493 e. The molecule has 27 heavy (non-hydrogen) atoms. The molecule has 0 aliphatic heterocycles. The Balaban J connectivity index is 3.60. The molecule has 0 amide bonds. The van der Waals surface area contributed by atoms with E-state index in [4.69, 9.17) is 28.0 Å². The zero-order chi connectivity index (χ0) is 20.4. The van der Waals surface area contributed by atoms with Crippen LogP contribution in [0.5, 0.6) is 17.2 Å². The number of ether oxygens (including phenoxy) is 4. The molecule has 0 radical (unpaired) electrons. The van der Waals surface area contributed by atoms with E-state index in [1.165, 1.54) is 27.4 Å². The zero-order valence-electron chi connectivity index (χ0n) is 16.6. The lowest BCUT2D eigenvalue weighted by molar-refractivity contribution is -0.137. The molecule has 152 valence electrons. The Morgan fingerprint density at radius 3 is 1.81 bits per heavy atom. The molecule has 0 heterocycles. The summed E-state index contributed by atoms with van der Waals surface area (Å²) in [6.45, 7) is 5.29. The second-order valence-electron chi connectivity index (χ2n) is 5.04. The number of benzene rings is 1. The molecule has 8 nitrogen and oxygen atoms in total. The summed E-state index contributed by atoms with van der Waals surface area (Å²) in [5.41, 5.74) is 0.479. The second-order valence-corrected chi connectivity index (χ2v) is 7.03. The standard InChI is InChI=1S/C18H27O8P/c1-7-24-18(19)16(27(20,25-8-2)26-9-3)12-13-10-14(21-4)17(23-6)15(11-13)22-5/h10-12H,7-9H2,1-6H3. The van der Waals surface area contributed by atoms with Crippen molar-refractivity contribution in [2.45, 2.75) is 20.8 Å². The van der Waals surface area contributed by atoms with Crippen molar-refractivity contribution in [3.8, 4) is 17.2 Å². The van der Waals surface area contributed by atoms with Crippen LogP contribution in [0.1, 0.15) is 26.3 Å². The maximum atomic E-state index is 13.2. The Kier molecular flexibility index (Phi) is 9.35. The van der Waals surface area contributed by atoms with Gasteiger partial charge in [0.05, 0.1) is 41.2 Å². The van der Waals surface area contributed by atoms with Crippen LogP contribution in [0.3, 0.4) is 0 Å². The third-order valence-corrected chi connectivity index (χ3v) is 5.47. The van der Waals surface area contributed by atoms with Crippen molar-refractivity contribution in [2.75, 3.05) is 41.2 Å². The van der Waals surface area contributed by atoms with Crippen LogP contribution in [0, 0.1) is 0 Å². The Labute approximate surface area is 159 Å². The molecule has 0 saturated heterocycles. The summed E-state index contributed by atoms with van der Waals surface area (Å²) in [6.07, 6.45) is 1.38. The van der Waals surface area contributed by atoms with Gasteiger partial charge in [0.15, 0.2) is 11.5 Å². The monoisotopic (exact) mass is 402 g/mol. The van der Waals surface area contributed by atoms with E-state index >= 15 is 0 Å². The fourth-order valence-corrected chi connectivity index (χ4v) is 3.94. The third kappa shape index (κ3) is 5.73. The number of methoxy groups -OCH3 is 3. The third-order valence-electron chi connectivity index (χ3n) is 3.37. The van der Waals surface area contributed by atoms with Gasteiger partial charge in [-0.25, -0.2) is 4.79 Å². The first-order chi connectivity index (χ1) is 12.9. The Bertz CT molecular complexity index is 678. The van der Waals surface area contributed by atoms with Gasteiger partial charge >= 0.3 is 13.6 Å². The van der Waals surface area contributed by atoms with Crippen molar-refractivity contribution < 1.29 is 37.4 Å². The van der Waals surface area contributed by atoms with Gasteiger partial charge in [-0.1, -0.05) is 0 Å². The Morgan fingerprint density at radius 2 is 1.44 bits per heavy atom. The molecule has 0 N–H and O–H groups in total. The first-order valence-electron chi connectivity index (χ1n) is 8.49. The van der Waals surface area contributed by atoms with Gasteiger partial charge in [-0.3, -0.25) is 4.57 Å². The molecule has 1 rings (SSSR count). The van der Waals surface area contributed by atoms with Gasteiger partial charge in [-0.15, -0.1) is 0 Å². The number of carbonyl (C=O) groups is 1. The molecule has 0 fully saturated rings. The smallest absolute Gasteiger partial charge is 0.368 e. The zero-order valence-corrected chi connectivity index (χ0v) is 17.5. The highest BCUT2D eigenvalue weighted by Crippen LogP contribution is 2.57. The molecule has 0 aliphatic carbocycles. The lowest BCUT2D eigenvalue weighted by Crippen LogP contribution is -2.11. The lowest BCUT2D eigenvalue weighted by atomic mass is 10.1. The van der Waals surface area contributed by atoms with Gasteiger partial charge in [0.2, 0.25) is 5.75 Å². The highest BCUT2D eigenvalue weighted by atomic mass is 31.2. The average Bonchev–Trinajstić information content (AvgIpc) is 2.65. The summed E-state index contributed by atoms with van der Waals surface area (Å²) in [5.74, 6) is 0.382. The van der Waals surface area contributed by atoms with E-state index in [1.54, 1.807) is 32.9 Å². The van der Waals surface area contributed by atoms with E-state index in [0.29, 0.717) is 22.8 Å². The second kappa shape index (κ2) is 11.0. The highest BCUT2D eigenvalue weighted by Gasteiger charge is 2.36. The molecule has 0 unspecified atom stereocenters. The topological polar surface area (TPSA) is 89.5 Å². The summed E-state index contributed by atoms with van der Waals surface area (Å²) in [4.78, 5) is 12.5. The van der Waals surface area contributed by atoms with Crippen molar-refractivity contribution >= 4 is 19.6 Å². The van der Waals surface area contributed by atoms with Crippen LogP contribution >= 0.6 is 7.60 Å². The predicted octanol–water partition coefficient (Wildman–Crippen LogP) is 3.88. The van der Waals surface area contributed by atoms with E-state index in [-0.39, 0.29) is 25.1 Å². The number of hydrogen-bond acceptors (Lipinski definition) is 8. The lowest BCUT2D eigenvalue weighted by Gasteiger charge is -2.19. The van der Waals surface area contributed by atoms with Crippen molar-refractivity contribution in [3.63, 3.8) is 0 Å². The molecule has 0 aliphatic rings. The number of hydrogen-bond donors (Lipinski definition) is 0. The van der Waals surface area contributed by atoms with Crippen LogP contribution in [0.25, 0.3) is 6.08 Å². The first kappa shape index (κ1) is 23.0. The van der Waals surface area contributed by atoms with E-state index in [2.05, 4.69) is 0 Å². The normalized spacial score (nSPS) is 11.9. The Morgan fingerprint density at radius 1 is 0.926 bits per heavy atom. The summed E-state index contributed by atoms with van der Waals surface area (Å²) in [6, 6.07) is 3.23. The van der Waals surface area contributed by atoms with E-state index in [0.717, 1.165) is 0 Å². The number of carbonyl (C=O) groups excluding carboxylic acids is 1. The first-order valence-corrected chi connectivity index (χ1v) is 10.0. The molecule has 9 heteroatoms. The van der Waals surface area contributed by atoms with Gasteiger partial charge in [0.25, 0.3) is 0 Å². The number of rotatable bonds is 11. The summed E-state index contributed by atoms with van der Waals surface area (Å²) >= 11 is 0. The van der Waals surface area contributed by atoms with Gasteiger partial charge < -0.3 is 28.0 Å². The summed E-state index contributed by atoms with van der Waals surface area (Å²) in [5, 5.41) is -0.206. The van der Waals surface area contributed by atoms with Crippen molar-refractivity contribution in [2.24, 2.45) is 0 Å². The van der Waals surface area contributed by atoms with Crippen LogP contribution in [-0.4, -0.2) is 47.1 Å². The van der Waals surface area contributed by atoms with Crippen molar-refractivity contribution in [1.29, 1.82) is 0 Å². The van der Waals surface area contributed by atoms with Gasteiger partial charge in [-0.2, -0.15) is 0 Å².